The summed E-state index contributed by atoms with van der Waals surface area (Å²) < 4.78 is 5.23. The van der Waals surface area contributed by atoms with Gasteiger partial charge in [0.25, 0.3) is 5.91 Å². The first-order valence-corrected chi connectivity index (χ1v) is 9.03. The molecule has 1 saturated heterocycles. The summed E-state index contributed by atoms with van der Waals surface area (Å²) >= 11 is 1.46. The Kier molecular flexibility index (Phi) is 4.73. The van der Waals surface area contributed by atoms with Crippen LogP contribution in [0.4, 0.5) is 0 Å². The highest BCUT2D eigenvalue weighted by molar-refractivity contribution is 7.13. The van der Waals surface area contributed by atoms with Crippen LogP contribution >= 0.6 is 11.3 Å². The number of hydrogen-bond acceptors (Lipinski definition) is 6. The molecule has 1 amide bonds. The van der Waals surface area contributed by atoms with E-state index in [9.17, 15) is 9.90 Å². The molecule has 2 atom stereocenters. The largest absolute Gasteiger partial charge is 0.391 e. The fraction of sp³-hybridized carbons (Fsp3) is 0.588. The van der Waals surface area contributed by atoms with Crippen LogP contribution in [0.1, 0.15) is 51.6 Å². The van der Waals surface area contributed by atoms with Crippen molar-refractivity contribution in [3.63, 3.8) is 0 Å². The molecular weight excluding hydrogens is 326 g/mol. The minimum Gasteiger partial charge on any atom is -0.391 e. The van der Waals surface area contributed by atoms with Gasteiger partial charge >= 0.3 is 0 Å². The summed E-state index contributed by atoms with van der Waals surface area (Å²) in [4.78, 5) is 19.7. The topological polar surface area (TPSA) is 79.5 Å². The normalized spacial score (nSPS) is 21.0. The van der Waals surface area contributed by atoms with Gasteiger partial charge in [-0.3, -0.25) is 4.79 Å². The lowest BCUT2D eigenvalue weighted by Gasteiger charge is -2.15. The number of nitrogens with zero attached hydrogens (tertiary/aromatic N) is 3. The molecule has 1 aliphatic rings. The van der Waals surface area contributed by atoms with Crippen molar-refractivity contribution in [1.82, 2.24) is 15.0 Å². The van der Waals surface area contributed by atoms with E-state index >= 15 is 0 Å². The molecule has 1 fully saturated rings. The summed E-state index contributed by atoms with van der Waals surface area (Å²) in [5.74, 6) is 0.995. The Morgan fingerprint density at radius 2 is 2.21 bits per heavy atom. The molecular formula is C17H23N3O3S. The van der Waals surface area contributed by atoms with Gasteiger partial charge in [0.05, 0.1) is 22.5 Å². The molecule has 6 nitrogen and oxygen atoms in total. The van der Waals surface area contributed by atoms with Crippen molar-refractivity contribution in [2.45, 2.75) is 46.1 Å². The highest BCUT2D eigenvalue weighted by atomic mass is 32.1. The monoisotopic (exact) mass is 349 g/mol. The second-order valence-electron chi connectivity index (χ2n) is 6.80. The van der Waals surface area contributed by atoms with Gasteiger partial charge in [0.2, 0.25) is 0 Å². The SMILES string of the molecule is Cc1cc(C[C@@H]2CN(C(=O)c3sc(C(C)C)nc3C)C[C@@H]2O)on1. The van der Waals surface area contributed by atoms with Crippen molar-refractivity contribution < 1.29 is 14.4 Å². The van der Waals surface area contributed by atoms with Crippen LogP contribution in [0.2, 0.25) is 0 Å². The number of carbonyl (C=O) groups is 1. The van der Waals surface area contributed by atoms with Crippen molar-refractivity contribution in [1.29, 1.82) is 0 Å². The number of β-amino-alcohol motifs (C(OH)–C–C–N with tert-alkyl or cyclic N) is 1. The standard InChI is InChI=1S/C17H23N3O3S/c1-9(2)16-18-11(4)15(24-16)17(22)20-7-12(14(21)8-20)6-13-5-10(3)19-23-13/h5,9,12,14,21H,6-8H2,1-4H3/t12-,14+/m1/s1. The number of aromatic nitrogens is 2. The highest BCUT2D eigenvalue weighted by Gasteiger charge is 2.36. The van der Waals surface area contributed by atoms with Gasteiger partial charge in [-0.05, 0) is 13.8 Å². The molecule has 0 aliphatic carbocycles. The zero-order chi connectivity index (χ0) is 17.4. The van der Waals surface area contributed by atoms with Gasteiger partial charge < -0.3 is 14.5 Å². The molecule has 3 heterocycles. The number of amides is 1. The van der Waals surface area contributed by atoms with E-state index in [2.05, 4.69) is 24.0 Å². The van der Waals surface area contributed by atoms with E-state index in [1.807, 2.05) is 19.9 Å². The molecule has 1 N–H and O–H groups in total. The Morgan fingerprint density at radius 1 is 1.46 bits per heavy atom. The molecule has 3 rings (SSSR count). The molecule has 0 spiro atoms. The predicted octanol–water partition coefficient (Wildman–Crippen LogP) is 2.55. The predicted molar refractivity (Wildman–Crippen MR) is 91.3 cm³/mol. The first-order valence-electron chi connectivity index (χ1n) is 8.22. The van der Waals surface area contributed by atoms with Gasteiger partial charge in [-0.25, -0.2) is 4.98 Å². The summed E-state index contributed by atoms with van der Waals surface area (Å²) in [5, 5.41) is 15.2. The maximum absolute atomic E-state index is 12.8. The minimum absolute atomic E-state index is 0.0286. The Bertz CT molecular complexity index is 737. The molecule has 1 aliphatic heterocycles. The zero-order valence-corrected chi connectivity index (χ0v) is 15.3. The van der Waals surface area contributed by atoms with Crippen LogP contribution in [0.5, 0.6) is 0 Å². The summed E-state index contributed by atoms with van der Waals surface area (Å²) in [5.41, 5.74) is 1.60. The molecule has 24 heavy (non-hydrogen) atoms. The number of aliphatic hydroxyl groups excluding tert-OH is 1. The molecule has 0 aromatic carbocycles. The lowest BCUT2D eigenvalue weighted by atomic mass is 10.0. The van der Waals surface area contributed by atoms with Gasteiger partial charge in [0.1, 0.15) is 10.6 Å². The summed E-state index contributed by atoms with van der Waals surface area (Å²) in [6, 6.07) is 1.87. The van der Waals surface area contributed by atoms with Crippen LogP contribution in [-0.4, -0.2) is 45.2 Å². The quantitative estimate of drug-likeness (QED) is 0.917. The van der Waals surface area contributed by atoms with Gasteiger partial charge in [0.15, 0.2) is 0 Å². The fourth-order valence-electron chi connectivity index (χ4n) is 3.00. The number of aliphatic hydroxyl groups is 1. The van der Waals surface area contributed by atoms with Crippen molar-refractivity contribution in [2.75, 3.05) is 13.1 Å². The van der Waals surface area contributed by atoms with Crippen LogP contribution in [0.3, 0.4) is 0 Å². The Hall–Kier alpha value is -1.73. The van der Waals surface area contributed by atoms with Crippen LogP contribution < -0.4 is 0 Å². The Morgan fingerprint density at radius 3 is 2.79 bits per heavy atom. The van der Waals surface area contributed by atoms with E-state index in [4.69, 9.17) is 4.52 Å². The first kappa shape index (κ1) is 17.1. The number of rotatable bonds is 4. The molecule has 0 bridgehead atoms. The maximum atomic E-state index is 12.8. The summed E-state index contributed by atoms with van der Waals surface area (Å²) in [6.45, 7) is 8.76. The number of likely N-dealkylation sites (tertiary alicyclic amines) is 1. The van der Waals surface area contributed by atoms with Crippen LogP contribution in [0.15, 0.2) is 10.6 Å². The number of aryl methyl sites for hydroxylation is 2. The molecule has 0 saturated carbocycles. The van der Waals surface area contributed by atoms with E-state index in [0.717, 1.165) is 22.2 Å². The number of thiazole rings is 1. The number of hydrogen-bond donors (Lipinski definition) is 1. The van der Waals surface area contributed by atoms with Crippen molar-refractivity contribution in [3.05, 3.63) is 33.1 Å². The lowest BCUT2D eigenvalue weighted by Crippen LogP contribution is -2.29. The van der Waals surface area contributed by atoms with E-state index in [0.29, 0.717) is 30.3 Å². The van der Waals surface area contributed by atoms with E-state index in [-0.39, 0.29) is 11.8 Å². The molecule has 0 radical (unpaired) electrons. The Labute approximate surface area is 145 Å². The van der Waals surface area contributed by atoms with Crippen LogP contribution in [0, 0.1) is 19.8 Å². The molecule has 0 unspecified atom stereocenters. The second-order valence-corrected chi connectivity index (χ2v) is 7.83. The van der Waals surface area contributed by atoms with Gasteiger partial charge in [-0.15, -0.1) is 11.3 Å². The third-order valence-corrected chi connectivity index (χ3v) is 5.78. The molecule has 2 aromatic rings. The minimum atomic E-state index is -0.544. The van der Waals surface area contributed by atoms with Gasteiger partial charge in [-0.1, -0.05) is 19.0 Å². The van der Waals surface area contributed by atoms with Crippen molar-refractivity contribution in [3.8, 4) is 0 Å². The third-order valence-electron chi connectivity index (χ3n) is 4.34. The lowest BCUT2D eigenvalue weighted by molar-refractivity contribution is 0.0768. The number of carbonyl (C=O) groups excluding carboxylic acids is 1. The fourth-order valence-corrected chi connectivity index (χ4v) is 4.03. The van der Waals surface area contributed by atoms with E-state index < -0.39 is 6.10 Å². The summed E-state index contributed by atoms with van der Waals surface area (Å²) in [6.07, 6.45) is 0.0437. The maximum Gasteiger partial charge on any atom is 0.265 e. The van der Waals surface area contributed by atoms with E-state index in [1.54, 1.807) is 4.90 Å². The third kappa shape index (κ3) is 3.37. The molecule has 2 aromatic heterocycles. The average molecular weight is 349 g/mol. The molecule has 7 heteroatoms. The summed E-state index contributed by atoms with van der Waals surface area (Å²) in [7, 11) is 0. The van der Waals surface area contributed by atoms with Crippen LogP contribution in [-0.2, 0) is 6.42 Å². The highest BCUT2D eigenvalue weighted by Crippen LogP contribution is 2.29. The zero-order valence-electron chi connectivity index (χ0n) is 14.4. The Balaban J connectivity index is 1.70. The van der Waals surface area contributed by atoms with Crippen molar-refractivity contribution in [2.24, 2.45) is 5.92 Å². The second kappa shape index (κ2) is 6.64. The smallest absolute Gasteiger partial charge is 0.265 e. The van der Waals surface area contributed by atoms with Gasteiger partial charge in [0, 0.05) is 37.4 Å². The van der Waals surface area contributed by atoms with E-state index in [1.165, 1.54) is 11.3 Å². The average Bonchev–Trinajstić information content (AvgIpc) is 3.19. The van der Waals surface area contributed by atoms with Gasteiger partial charge in [-0.2, -0.15) is 0 Å². The first-order chi connectivity index (χ1) is 11.3. The van der Waals surface area contributed by atoms with Crippen molar-refractivity contribution >= 4 is 17.2 Å². The molecule has 130 valence electrons. The van der Waals surface area contributed by atoms with Crippen LogP contribution in [0.25, 0.3) is 0 Å².